The molecular formula is C18H20F3N3O4S2. The Kier molecular flexibility index (Phi) is 7.45. The third-order valence-corrected chi connectivity index (χ3v) is 6.24. The van der Waals surface area contributed by atoms with E-state index in [0.717, 1.165) is 32.5 Å². The summed E-state index contributed by atoms with van der Waals surface area (Å²) in [5.74, 6) is -2.85. The van der Waals surface area contributed by atoms with Crippen molar-refractivity contribution in [2.75, 3.05) is 13.2 Å². The number of hydrogen-bond donors (Lipinski definition) is 2. The minimum Gasteiger partial charge on any atom is -0.475 e. The van der Waals surface area contributed by atoms with E-state index < -0.39 is 12.1 Å². The lowest BCUT2D eigenvalue weighted by molar-refractivity contribution is -0.192. The molecule has 2 aromatic heterocycles. The van der Waals surface area contributed by atoms with E-state index in [2.05, 4.69) is 32.7 Å². The minimum absolute atomic E-state index is 0.0365. The number of nitrogens with zero attached hydrogens (tertiary/aromatic N) is 2. The van der Waals surface area contributed by atoms with E-state index >= 15 is 0 Å². The molecule has 2 saturated heterocycles. The third-order valence-electron chi connectivity index (χ3n) is 4.79. The van der Waals surface area contributed by atoms with E-state index in [1.165, 1.54) is 16.2 Å². The zero-order valence-electron chi connectivity index (χ0n) is 15.7. The predicted octanol–water partition coefficient (Wildman–Crippen LogP) is 3.00. The zero-order valence-corrected chi connectivity index (χ0v) is 17.3. The van der Waals surface area contributed by atoms with Gasteiger partial charge in [0.2, 0.25) is 0 Å². The van der Waals surface area contributed by atoms with Crippen molar-refractivity contribution in [1.29, 1.82) is 0 Å². The van der Waals surface area contributed by atoms with Gasteiger partial charge in [0.1, 0.15) is 5.69 Å². The molecule has 30 heavy (non-hydrogen) atoms. The summed E-state index contributed by atoms with van der Waals surface area (Å²) in [7, 11) is 0. The lowest BCUT2D eigenvalue weighted by Gasteiger charge is -2.32. The van der Waals surface area contributed by atoms with Crippen LogP contribution in [0.4, 0.5) is 13.2 Å². The number of likely N-dealkylation sites (tertiary alicyclic amines) is 1. The number of ether oxygens (including phenoxy) is 1. The molecular weight excluding hydrogens is 443 g/mol. The summed E-state index contributed by atoms with van der Waals surface area (Å²) in [4.78, 5) is 29.1. The van der Waals surface area contributed by atoms with Crippen LogP contribution in [-0.2, 0) is 16.1 Å². The fraction of sp³-hybridized carbons (Fsp3) is 0.500. The molecule has 4 heterocycles. The SMILES string of the molecule is O=C(N[C@@H]1CN(Cc2cccs2)[C@@H]2CCCO[C@@H]21)c1cscn1.O=C(O)C(F)(F)F. The maximum Gasteiger partial charge on any atom is 0.490 e. The Bertz CT molecular complexity index is 830. The van der Waals surface area contributed by atoms with Crippen LogP contribution in [0.15, 0.2) is 28.4 Å². The molecule has 2 aromatic rings. The molecule has 1 amide bonds. The van der Waals surface area contributed by atoms with Crippen molar-refractivity contribution in [2.45, 2.75) is 43.8 Å². The summed E-state index contributed by atoms with van der Waals surface area (Å²) in [6.07, 6.45) is -2.76. The molecule has 0 aromatic carbocycles. The molecule has 0 saturated carbocycles. The maximum atomic E-state index is 12.3. The number of carbonyl (C=O) groups is 2. The highest BCUT2D eigenvalue weighted by molar-refractivity contribution is 7.09. The van der Waals surface area contributed by atoms with Crippen LogP contribution in [0.5, 0.6) is 0 Å². The Balaban J connectivity index is 0.000000318. The normalized spacial score (nSPS) is 23.9. The molecule has 0 bridgehead atoms. The van der Waals surface area contributed by atoms with Gasteiger partial charge in [0.25, 0.3) is 5.91 Å². The van der Waals surface area contributed by atoms with Crippen LogP contribution in [-0.4, -0.2) is 64.4 Å². The Morgan fingerprint density at radius 3 is 2.77 bits per heavy atom. The quantitative estimate of drug-likeness (QED) is 0.725. The first-order valence-corrected chi connectivity index (χ1v) is 10.9. The van der Waals surface area contributed by atoms with Gasteiger partial charge in [0.05, 0.1) is 17.7 Å². The van der Waals surface area contributed by atoms with Crippen LogP contribution >= 0.6 is 22.7 Å². The maximum absolute atomic E-state index is 12.3. The zero-order chi connectivity index (χ0) is 21.7. The van der Waals surface area contributed by atoms with Crippen LogP contribution in [0.25, 0.3) is 0 Å². The molecule has 7 nitrogen and oxygen atoms in total. The lowest BCUT2D eigenvalue weighted by Crippen LogP contribution is -2.47. The number of carboxylic acid groups (broad SMARTS) is 1. The van der Waals surface area contributed by atoms with Gasteiger partial charge < -0.3 is 15.2 Å². The van der Waals surface area contributed by atoms with Gasteiger partial charge in [-0.05, 0) is 24.3 Å². The number of nitrogens with one attached hydrogen (secondary N) is 1. The third kappa shape index (κ3) is 5.78. The number of carboxylic acids is 1. The fourth-order valence-corrected chi connectivity index (χ4v) is 4.79. The van der Waals surface area contributed by atoms with Crippen LogP contribution in [0.2, 0.25) is 0 Å². The number of aliphatic carboxylic acids is 1. The number of fused-ring (bicyclic) bond motifs is 1. The van der Waals surface area contributed by atoms with Gasteiger partial charge in [-0.25, -0.2) is 9.78 Å². The molecule has 4 rings (SSSR count). The van der Waals surface area contributed by atoms with E-state index in [0.29, 0.717) is 11.7 Å². The molecule has 0 aliphatic carbocycles. The van der Waals surface area contributed by atoms with Crippen molar-refractivity contribution in [3.63, 3.8) is 0 Å². The molecule has 0 radical (unpaired) electrons. The number of thiazole rings is 1. The van der Waals surface area contributed by atoms with Crippen molar-refractivity contribution < 1.29 is 32.6 Å². The number of halogens is 3. The number of rotatable bonds is 4. The van der Waals surface area contributed by atoms with Gasteiger partial charge in [-0.15, -0.1) is 22.7 Å². The number of alkyl halides is 3. The van der Waals surface area contributed by atoms with Crippen LogP contribution in [0, 0.1) is 0 Å². The average molecular weight is 464 g/mol. The van der Waals surface area contributed by atoms with Gasteiger partial charge >= 0.3 is 12.1 Å². The molecule has 2 aliphatic heterocycles. The van der Waals surface area contributed by atoms with Crippen molar-refractivity contribution in [2.24, 2.45) is 0 Å². The topological polar surface area (TPSA) is 91.8 Å². The lowest BCUT2D eigenvalue weighted by atomic mass is 10.0. The average Bonchev–Trinajstić information content (AvgIpc) is 3.44. The summed E-state index contributed by atoms with van der Waals surface area (Å²) in [5.41, 5.74) is 2.19. The molecule has 2 fully saturated rings. The second-order valence-electron chi connectivity index (χ2n) is 6.81. The smallest absolute Gasteiger partial charge is 0.475 e. The van der Waals surface area contributed by atoms with Crippen molar-refractivity contribution >= 4 is 34.6 Å². The molecule has 3 atom stereocenters. The molecule has 2 aliphatic rings. The number of hydrogen-bond acceptors (Lipinski definition) is 7. The standard InChI is InChI=1S/C16H19N3O2S2.C2HF3O2/c20-16(13-9-22-10-17-13)18-12-8-19(7-11-3-2-6-23-11)14-4-1-5-21-15(12)14;3-2(4,5)1(6)7/h2-3,6,9-10,12,14-15H,1,4-5,7-8H2,(H,18,20);(H,6,7)/t12-,14-,15-;/m1./s1. The van der Waals surface area contributed by atoms with Crippen LogP contribution in [0.3, 0.4) is 0 Å². The number of thiophene rings is 1. The van der Waals surface area contributed by atoms with Gasteiger partial charge in [-0.2, -0.15) is 13.2 Å². The van der Waals surface area contributed by atoms with Crippen LogP contribution in [0.1, 0.15) is 28.2 Å². The largest absolute Gasteiger partial charge is 0.490 e. The van der Waals surface area contributed by atoms with Crippen LogP contribution < -0.4 is 5.32 Å². The highest BCUT2D eigenvalue weighted by Crippen LogP contribution is 2.31. The monoisotopic (exact) mass is 463 g/mol. The molecule has 12 heteroatoms. The minimum atomic E-state index is -5.08. The van der Waals surface area contributed by atoms with E-state index in [1.807, 2.05) is 0 Å². The molecule has 2 N–H and O–H groups in total. The molecule has 0 spiro atoms. The second-order valence-corrected chi connectivity index (χ2v) is 8.56. The van der Waals surface area contributed by atoms with Crippen molar-refractivity contribution in [3.05, 3.63) is 39.0 Å². The Labute approximate surface area is 178 Å². The van der Waals surface area contributed by atoms with E-state index in [-0.39, 0.29) is 18.1 Å². The molecule has 0 unspecified atom stereocenters. The van der Waals surface area contributed by atoms with Gasteiger partial charge in [-0.1, -0.05) is 6.07 Å². The Morgan fingerprint density at radius 2 is 2.17 bits per heavy atom. The summed E-state index contributed by atoms with van der Waals surface area (Å²) in [6.45, 7) is 2.56. The summed E-state index contributed by atoms with van der Waals surface area (Å²) < 4.78 is 37.7. The highest BCUT2D eigenvalue weighted by atomic mass is 32.1. The first kappa shape index (κ1) is 22.7. The predicted molar refractivity (Wildman–Crippen MR) is 105 cm³/mol. The van der Waals surface area contributed by atoms with Gasteiger partial charge in [0, 0.05) is 36.0 Å². The summed E-state index contributed by atoms with van der Waals surface area (Å²) in [6, 6.07) is 4.69. The fourth-order valence-electron chi connectivity index (χ4n) is 3.53. The number of amides is 1. The first-order valence-electron chi connectivity index (χ1n) is 9.13. The Hall–Kier alpha value is -2.02. The molecule has 164 valence electrons. The second kappa shape index (κ2) is 9.86. The number of aromatic nitrogens is 1. The summed E-state index contributed by atoms with van der Waals surface area (Å²) >= 11 is 3.22. The Morgan fingerprint density at radius 1 is 1.40 bits per heavy atom. The van der Waals surface area contributed by atoms with Crippen molar-refractivity contribution in [3.8, 4) is 0 Å². The summed E-state index contributed by atoms with van der Waals surface area (Å²) in [5, 5.41) is 14.2. The van der Waals surface area contributed by atoms with E-state index in [9.17, 15) is 18.0 Å². The van der Waals surface area contributed by atoms with E-state index in [4.69, 9.17) is 14.6 Å². The first-order chi connectivity index (χ1) is 14.3. The van der Waals surface area contributed by atoms with Crippen molar-refractivity contribution in [1.82, 2.24) is 15.2 Å². The van der Waals surface area contributed by atoms with Gasteiger partial charge in [-0.3, -0.25) is 9.69 Å². The van der Waals surface area contributed by atoms with Gasteiger partial charge in [0.15, 0.2) is 0 Å². The highest BCUT2D eigenvalue weighted by Gasteiger charge is 2.44. The number of carbonyl (C=O) groups excluding carboxylic acids is 1. The van der Waals surface area contributed by atoms with E-state index in [1.54, 1.807) is 22.2 Å².